The van der Waals surface area contributed by atoms with Crippen LogP contribution in [0.3, 0.4) is 0 Å². The molecule has 0 aliphatic rings. The molecule has 148 valence electrons. The molecule has 0 saturated heterocycles. The summed E-state index contributed by atoms with van der Waals surface area (Å²) in [6.45, 7) is 11.7. The van der Waals surface area contributed by atoms with Crippen LogP contribution in [0.5, 0.6) is 0 Å². The fourth-order valence-electron chi connectivity index (χ4n) is 3.08. The molecular weight excluding hydrogens is 378 g/mol. The van der Waals surface area contributed by atoms with Gasteiger partial charge in [-0.05, 0) is 65.8 Å². The molecule has 0 bridgehead atoms. The van der Waals surface area contributed by atoms with Crippen LogP contribution in [0.4, 0.5) is 0 Å². The Hall–Kier alpha value is -2.67. The van der Waals surface area contributed by atoms with E-state index in [-0.39, 0.29) is 11.4 Å². The topological polar surface area (TPSA) is 85.8 Å². The number of benzene rings is 1. The lowest BCUT2D eigenvalue weighted by Crippen LogP contribution is -2.29. The lowest BCUT2D eigenvalue weighted by atomic mass is 10.1. The van der Waals surface area contributed by atoms with Gasteiger partial charge in [0.1, 0.15) is 0 Å². The second kappa shape index (κ2) is 7.39. The Bertz CT molecular complexity index is 999. The second-order valence-electron chi connectivity index (χ2n) is 7.79. The van der Waals surface area contributed by atoms with E-state index < -0.39 is 6.04 Å². The van der Waals surface area contributed by atoms with Crippen molar-refractivity contribution >= 4 is 17.5 Å². The van der Waals surface area contributed by atoms with E-state index in [0.29, 0.717) is 28.0 Å². The van der Waals surface area contributed by atoms with Gasteiger partial charge in [-0.15, -0.1) is 0 Å². The van der Waals surface area contributed by atoms with Gasteiger partial charge in [-0.25, -0.2) is 0 Å². The molecule has 3 rings (SSSR count). The standard InChI is InChI=1S/C20H24ClN5O2/c1-11-16(13(3)26(24-11)20(4,5)6)18(27)22-12(2)17-23-19(28-25-17)14-7-9-15(21)10-8-14/h7-10,12H,1-6H3,(H,22,27). The molecule has 0 fully saturated rings. The van der Waals surface area contributed by atoms with Crippen LogP contribution < -0.4 is 5.32 Å². The largest absolute Gasteiger partial charge is 0.342 e. The summed E-state index contributed by atoms with van der Waals surface area (Å²) in [7, 11) is 0. The van der Waals surface area contributed by atoms with E-state index in [9.17, 15) is 4.79 Å². The van der Waals surface area contributed by atoms with Gasteiger partial charge in [0.25, 0.3) is 11.8 Å². The SMILES string of the molecule is Cc1nn(C(C)(C)C)c(C)c1C(=O)NC(C)c1noc(-c2ccc(Cl)cc2)n1. The van der Waals surface area contributed by atoms with Gasteiger partial charge in [0.05, 0.1) is 22.8 Å². The van der Waals surface area contributed by atoms with Crippen molar-refractivity contribution in [2.75, 3.05) is 0 Å². The van der Waals surface area contributed by atoms with E-state index in [2.05, 4.69) is 20.6 Å². The predicted octanol–water partition coefficient (Wildman–Crippen LogP) is 4.45. The number of carbonyl (C=O) groups excluding carboxylic acids is 1. The number of amides is 1. The molecule has 1 N–H and O–H groups in total. The van der Waals surface area contributed by atoms with Crippen LogP contribution in [0.1, 0.15) is 61.3 Å². The summed E-state index contributed by atoms with van der Waals surface area (Å²) in [5, 5.41) is 12.1. The average Bonchev–Trinajstić information content (AvgIpc) is 3.20. The van der Waals surface area contributed by atoms with E-state index in [1.54, 1.807) is 24.3 Å². The number of carbonyl (C=O) groups is 1. The van der Waals surface area contributed by atoms with Gasteiger partial charge in [0, 0.05) is 16.3 Å². The van der Waals surface area contributed by atoms with Crippen molar-refractivity contribution in [2.45, 2.75) is 53.1 Å². The third kappa shape index (κ3) is 3.94. The van der Waals surface area contributed by atoms with Gasteiger partial charge in [0.15, 0.2) is 5.82 Å². The number of nitrogens with zero attached hydrogens (tertiary/aromatic N) is 4. The van der Waals surface area contributed by atoms with Gasteiger partial charge in [0.2, 0.25) is 0 Å². The molecule has 0 spiro atoms. The molecule has 1 amide bonds. The van der Waals surface area contributed by atoms with Crippen LogP contribution in [0.2, 0.25) is 5.02 Å². The van der Waals surface area contributed by atoms with Crippen molar-refractivity contribution < 1.29 is 9.32 Å². The quantitative estimate of drug-likeness (QED) is 0.697. The average molecular weight is 402 g/mol. The summed E-state index contributed by atoms with van der Waals surface area (Å²) in [5.41, 5.74) is 2.64. The molecule has 2 heterocycles. The third-order valence-electron chi connectivity index (χ3n) is 4.42. The zero-order valence-corrected chi connectivity index (χ0v) is 17.6. The maximum atomic E-state index is 12.9. The summed E-state index contributed by atoms with van der Waals surface area (Å²) >= 11 is 5.90. The van der Waals surface area contributed by atoms with Crippen molar-refractivity contribution in [2.24, 2.45) is 0 Å². The minimum atomic E-state index is -0.422. The van der Waals surface area contributed by atoms with Crippen molar-refractivity contribution in [1.29, 1.82) is 0 Å². The smallest absolute Gasteiger partial charge is 0.257 e. The van der Waals surface area contributed by atoms with E-state index in [1.807, 2.05) is 46.2 Å². The van der Waals surface area contributed by atoms with Gasteiger partial charge < -0.3 is 9.84 Å². The number of rotatable bonds is 4. The Morgan fingerprint density at radius 1 is 1.21 bits per heavy atom. The van der Waals surface area contributed by atoms with Crippen LogP contribution in [-0.4, -0.2) is 25.8 Å². The summed E-state index contributed by atoms with van der Waals surface area (Å²) in [6.07, 6.45) is 0. The lowest BCUT2D eigenvalue weighted by molar-refractivity contribution is 0.0936. The molecular formula is C20H24ClN5O2. The van der Waals surface area contributed by atoms with E-state index in [0.717, 1.165) is 11.3 Å². The third-order valence-corrected chi connectivity index (χ3v) is 4.67. The fraction of sp³-hybridized carbons (Fsp3) is 0.400. The summed E-state index contributed by atoms with van der Waals surface area (Å²) in [5.74, 6) is 0.563. The van der Waals surface area contributed by atoms with Crippen molar-refractivity contribution in [1.82, 2.24) is 25.2 Å². The van der Waals surface area contributed by atoms with Crippen molar-refractivity contribution in [3.63, 3.8) is 0 Å². The van der Waals surface area contributed by atoms with Gasteiger partial charge in [-0.1, -0.05) is 16.8 Å². The van der Waals surface area contributed by atoms with Crippen LogP contribution in [0.25, 0.3) is 11.5 Å². The van der Waals surface area contributed by atoms with Crippen molar-refractivity contribution in [3.05, 3.63) is 52.1 Å². The first-order chi connectivity index (χ1) is 13.1. The first-order valence-electron chi connectivity index (χ1n) is 9.05. The molecule has 0 aliphatic carbocycles. The minimum Gasteiger partial charge on any atom is -0.342 e. The summed E-state index contributed by atoms with van der Waals surface area (Å²) in [6, 6.07) is 6.69. The molecule has 28 heavy (non-hydrogen) atoms. The number of hydrogen-bond acceptors (Lipinski definition) is 5. The molecule has 1 unspecified atom stereocenters. The van der Waals surface area contributed by atoms with Crippen LogP contribution in [-0.2, 0) is 5.54 Å². The summed E-state index contributed by atoms with van der Waals surface area (Å²) in [4.78, 5) is 17.2. The first kappa shape index (κ1) is 20.1. The molecule has 8 heteroatoms. The molecule has 1 atom stereocenters. The zero-order chi connectivity index (χ0) is 20.6. The minimum absolute atomic E-state index is 0.208. The van der Waals surface area contributed by atoms with Gasteiger partial charge >= 0.3 is 0 Å². The highest BCUT2D eigenvalue weighted by molar-refractivity contribution is 6.30. The highest BCUT2D eigenvalue weighted by atomic mass is 35.5. The molecule has 3 aromatic rings. The normalized spacial score (nSPS) is 12.8. The van der Waals surface area contributed by atoms with E-state index >= 15 is 0 Å². The highest BCUT2D eigenvalue weighted by Gasteiger charge is 2.26. The van der Waals surface area contributed by atoms with Crippen LogP contribution in [0, 0.1) is 13.8 Å². The molecule has 0 aliphatic heterocycles. The molecule has 2 aromatic heterocycles. The number of aryl methyl sites for hydroxylation is 1. The Kier molecular flexibility index (Phi) is 5.30. The maximum Gasteiger partial charge on any atom is 0.257 e. The first-order valence-corrected chi connectivity index (χ1v) is 9.43. The number of hydrogen-bond donors (Lipinski definition) is 1. The van der Waals surface area contributed by atoms with Gasteiger partial charge in [-0.2, -0.15) is 10.1 Å². The number of nitrogens with one attached hydrogen (secondary N) is 1. The maximum absolute atomic E-state index is 12.9. The Labute approximate surface area is 169 Å². The molecule has 0 saturated carbocycles. The van der Waals surface area contributed by atoms with E-state index in [1.165, 1.54) is 0 Å². The Morgan fingerprint density at radius 2 is 1.86 bits per heavy atom. The molecule has 7 nitrogen and oxygen atoms in total. The zero-order valence-electron chi connectivity index (χ0n) is 16.9. The highest BCUT2D eigenvalue weighted by Crippen LogP contribution is 2.23. The predicted molar refractivity (Wildman–Crippen MR) is 107 cm³/mol. The number of halogens is 1. The van der Waals surface area contributed by atoms with Gasteiger partial charge in [-0.3, -0.25) is 9.48 Å². The van der Waals surface area contributed by atoms with Crippen molar-refractivity contribution in [3.8, 4) is 11.5 Å². The molecule has 0 radical (unpaired) electrons. The molecule has 1 aromatic carbocycles. The van der Waals surface area contributed by atoms with Crippen LogP contribution in [0.15, 0.2) is 28.8 Å². The Balaban J connectivity index is 1.79. The fourth-order valence-corrected chi connectivity index (χ4v) is 3.20. The van der Waals surface area contributed by atoms with Crippen LogP contribution >= 0.6 is 11.6 Å². The summed E-state index contributed by atoms with van der Waals surface area (Å²) < 4.78 is 7.19. The lowest BCUT2D eigenvalue weighted by Gasteiger charge is -2.21. The second-order valence-corrected chi connectivity index (χ2v) is 8.22. The number of aromatic nitrogens is 4. The van der Waals surface area contributed by atoms with E-state index in [4.69, 9.17) is 16.1 Å². The monoisotopic (exact) mass is 401 g/mol. The Morgan fingerprint density at radius 3 is 2.43 bits per heavy atom.